The summed E-state index contributed by atoms with van der Waals surface area (Å²) >= 11 is 9.96. The van der Waals surface area contributed by atoms with Crippen molar-refractivity contribution in [3.05, 3.63) is 56.4 Å². The van der Waals surface area contributed by atoms with Crippen LogP contribution in [0.15, 0.2) is 45.8 Å². The van der Waals surface area contributed by atoms with E-state index in [1.807, 2.05) is 0 Å². The molecule has 0 bridgehead atoms. The van der Waals surface area contributed by atoms with Crippen molar-refractivity contribution in [3.8, 4) is 11.5 Å². The van der Waals surface area contributed by atoms with Crippen LogP contribution in [-0.2, 0) is 4.79 Å². The molecule has 128 valence electrons. The van der Waals surface area contributed by atoms with Gasteiger partial charge in [-0.25, -0.2) is 4.90 Å². The number of thioether (sulfide) groups is 1. The molecule has 2 amide bonds. The van der Waals surface area contributed by atoms with Gasteiger partial charge in [-0.2, -0.15) is 0 Å². The molecule has 2 aromatic carbocycles. The van der Waals surface area contributed by atoms with Crippen molar-refractivity contribution in [1.82, 2.24) is 0 Å². The van der Waals surface area contributed by atoms with Crippen LogP contribution in [-0.4, -0.2) is 23.4 Å². The van der Waals surface area contributed by atoms with Crippen molar-refractivity contribution in [1.29, 1.82) is 0 Å². The summed E-state index contributed by atoms with van der Waals surface area (Å²) in [5.41, 5.74) is 0.805. The summed E-state index contributed by atoms with van der Waals surface area (Å²) in [5, 5.41) is 10.3. The van der Waals surface area contributed by atoms with E-state index >= 15 is 0 Å². The predicted octanol–water partition coefficient (Wildman–Crippen LogP) is 5.06. The van der Waals surface area contributed by atoms with Crippen LogP contribution in [0.5, 0.6) is 11.5 Å². The zero-order valence-electron chi connectivity index (χ0n) is 12.8. The number of phenolic OH excluding ortho intramolecular Hbond substituents is 1. The number of carbonyl (C=O) groups is 2. The lowest BCUT2D eigenvalue weighted by Crippen LogP contribution is -2.27. The summed E-state index contributed by atoms with van der Waals surface area (Å²) in [7, 11) is 1.43. The molecule has 1 heterocycles. The first-order valence-corrected chi connectivity index (χ1v) is 8.99. The standard InChI is InChI=1S/C17H11BrClNO4S/c1-24-13-8-10(18)6-9(15(13)21)7-14-16(22)20(17(23)25-14)12-4-2-11(19)3-5-12/h2-8,21H,1H3/b14-7+. The Morgan fingerprint density at radius 3 is 2.56 bits per heavy atom. The molecule has 25 heavy (non-hydrogen) atoms. The summed E-state index contributed by atoms with van der Waals surface area (Å²) in [5.74, 6) is -0.308. The summed E-state index contributed by atoms with van der Waals surface area (Å²) in [6, 6.07) is 9.65. The highest BCUT2D eigenvalue weighted by Gasteiger charge is 2.36. The van der Waals surface area contributed by atoms with Gasteiger partial charge < -0.3 is 9.84 Å². The van der Waals surface area contributed by atoms with E-state index in [-0.39, 0.29) is 16.4 Å². The highest BCUT2D eigenvalue weighted by Crippen LogP contribution is 2.40. The van der Waals surface area contributed by atoms with Crippen LogP contribution in [0.3, 0.4) is 0 Å². The van der Waals surface area contributed by atoms with Crippen LogP contribution >= 0.6 is 39.3 Å². The molecule has 2 aromatic rings. The first-order chi connectivity index (χ1) is 11.9. The number of hydrogen-bond donors (Lipinski definition) is 1. The minimum absolute atomic E-state index is 0.107. The summed E-state index contributed by atoms with van der Waals surface area (Å²) < 4.78 is 5.76. The normalized spacial score (nSPS) is 16.0. The van der Waals surface area contributed by atoms with Gasteiger partial charge in [0.05, 0.1) is 17.7 Å². The Hall–Kier alpha value is -1.96. The average Bonchev–Trinajstić information content (AvgIpc) is 2.85. The molecule has 5 nitrogen and oxygen atoms in total. The number of nitrogens with zero attached hydrogens (tertiary/aromatic N) is 1. The van der Waals surface area contributed by atoms with Gasteiger partial charge in [0.2, 0.25) is 0 Å². The molecule has 1 fully saturated rings. The number of carbonyl (C=O) groups excluding carboxylic acids is 2. The van der Waals surface area contributed by atoms with E-state index < -0.39 is 11.1 Å². The van der Waals surface area contributed by atoms with E-state index in [2.05, 4.69) is 15.9 Å². The minimum atomic E-state index is -0.462. The van der Waals surface area contributed by atoms with Gasteiger partial charge in [0.15, 0.2) is 11.5 Å². The van der Waals surface area contributed by atoms with Crippen LogP contribution in [0.4, 0.5) is 10.5 Å². The van der Waals surface area contributed by atoms with E-state index in [0.29, 0.717) is 20.7 Å². The molecule has 0 unspecified atom stereocenters. The van der Waals surface area contributed by atoms with Gasteiger partial charge >= 0.3 is 0 Å². The maximum Gasteiger partial charge on any atom is 0.298 e. The SMILES string of the molecule is COc1cc(Br)cc(/C=C2/SC(=O)N(c3ccc(Cl)cc3)C2=O)c1O. The number of anilines is 1. The molecule has 0 aromatic heterocycles. The van der Waals surface area contributed by atoms with Crippen LogP contribution < -0.4 is 9.64 Å². The van der Waals surface area contributed by atoms with Crippen LogP contribution in [0, 0.1) is 0 Å². The molecule has 0 atom stereocenters. The number of ether oxygens (including phenoxy) is 1. The highest BCUT2D eigenvalue weighted by atomic mass is 79.9. The first kappa shape index (κ1) is 17.8. The second-order valence-corrected chi connectivity index (χ2v) is 7.38. The van der Waals surface area contributed by atoms with Crippen LogP contribution in [0.2, 0.25) is 5.02 Å². The molecule has 0 radical (unpaired) electrons. The molecule has 3 rings (SSSR count). The number of methoxy groups -OCH3 is 1. The van der Waals surface area contributed by atoms with Gasteiger partial charge in [-0.05, 0) is 54.2 Å². The Morgan fingerprint density at radius 2 is 1.92 bits per heavy atom. The van der Waals surface area contributed by atoms with Crippen molar-refractivity contribution in [2.24, 2.45) is 0 Å². The fourth-order valence-electron chi connectivity index (χ4n) is 2.28. The zero-order valence-corrected chi connectivity index (χ0v) is 16.0. The third-order valence-corrected chi connectivity index (χ3v) is 5.03. The number of rotatable bonds is 3. The van der Waals surface area contributed by atoms with Crippen molar-refractivity contribution >= 4 is 62.2 Å². The molecule has 0 spiro atoms. The molecule has 1 aliphatic rings. The van der Waals surface area contributed by atoms with E-state index in [1.54, 1.807) is 36.4 Å². The molecular weight excluding hydrogens is 430 g/mol. The highest BCUT2D eigenvalue weighted by molar-refractivity contribution is 9.10. The number of halogens is 2. The topological polar surface area (TPSA) is 66.8 Å². The molecule has 0 saturated carbocycles. The molecule has 1 saturated heterocycles. The maximum absolute atomic E-state index is 12.6. The number of hydrogen-bond acceptors (Lipinski definition) is 5. The van der Waals surface area contributed by atoms with E-state index in [0.717, 1.165) is 16.7 Å². The Balaban J connectivity index is 1.99. The fourth-order valence-corrected chi connectivity index (χ4v) is 3.69. The lowest BCUT2D eigenvalue weighted by Gasteiger charge is -2.12. The Bertz CT molecular complexity index is 898. The van der Waals surface area contributed by atoms with Gasteiger partial charge in [0.25, 0.3) is 11.1 Å². The number of imide groups is 1. The van der Waals surface area contributed by atoms with Crippen molar-refractivity contribution in [3.63, 3.8) is 0 Å². The number of aromatic hydroxyl groups is 1. The fraction of sp³-hybridized carbons (Fsp3) is 0.0588. The molecular formula is C17H11BrClNO4S. The maximum atomic E-state index is 12.6. The largest absolute Gasteiger partial charge is 0.504 e. The van der Waals surface area contributed by atoms with E-state index in [4.69, 9.17) is 16.3 Å². The smallest absolute Gasteiger partial charge is 0.298 e. The molecule has 0 aliphatic carbocycles. The van der Waals surface area contributed by atoms with Gasteiger partial charge in [-0.1, -0.05) is 27.5 Å². The van der Waals surface area contributed by atoms with Crippen molar-refractivity contribution < 1.29 is 19.4 Å². The summed E-state index contributed by atoms with van der Waals surface area (Å²) in [6.07, 6.45) is 1.46. The van der Waals surface area contributed by atoms with Gasteiger partial charge in [-0.15, -0.1) is 0 Å². The lowest BCUT2D eigenvalue weighted by atomic mass is 10.1. The third kappa shape index (κ3) is 3.53. The van der Waals surface area contributed by atoms with E-state index in [1.165, 1.54) is 13.2 Å². The predicted molar refractivity (Wildman–Crippen MR) is 102 cm³/mol. The second kappa shape index (κ2) is 7.11. The van der Waals surface area contributed by atoms with Crippen molar-refractivity contribution in [2.75, 3.05) is 12.0 Å². The summed E-state index contributed by atoms with van der Waals surface area (Å²) in [4.78, 5) is 26.1. The Morgan fingerprint density at radius 1 is 1.24 bits per heavy atom. The number of amides is 2. The van der Waals surface area contributed by atoms with Gasteiger partial charge in [-0.3, -0.25) is 9.59 Å². The Kier molecular flexibility index (Phi) is 5.08. The molecule has 1 N–H and O–H groups in total. The first-order valence-electron chi connectivity index (χ1n) is 7.00. The van der Waals surface area contributed by atoms with Crippen LogP contribution in [0.1, 0.15) is 5.56 Å². The van der Waals surface area contributed by atoms with E-state index in [9.17, 15) is 14.7 Å². The van der Waals surface area contributed by atoms with Gasteiger partial charge in [0, 0.05) is 15.1 Å². The number of phenols is 1. The van der Waals surface area contributed by atoms with Gasteiger partial charge in [0.1, 0.15) is 0 Å². The average molecular weight is 441 g/mol. The van der Waals surface area contributed by atoms with Crippen molar-refractivity contribution in [2.45, 2.75) is 0 Å². The zero-order chi connectivity index (χ0) is 18.1. The second-order valence-electron chi connectivity index (χ2n) is 5.04. The molecule has 1 aliphatic heterocycles. The quantitative estimate of drug-likeness (QED) is 0.676. The third-order valence-electron chi connectivity index (χ3n) is 3.45. The molecule has 8 heteroatoms. The monoisotopic (exact) mass is 439 g/mol. The number of benzene rings is 2. The Labute approximate surface area is 161 Å². The lowest BCUT2D eigenvalue weighted by molar-refractivity contribution is -0.113. The summed E-state index contributed by atoms with van der Waals surface area (Å²) in [6.45, 7) is 0. The minimum Gasteiger partial charge on any atom is -0.504 e. The van der Waals surface area contributed by atoms with Crippen LogP contribution in [0.25, 0.3) is 6.08 Å².